The van der Waals surface area contributed by atoms with Gasteiger partial charge in [0, 0.05) is 16.6 Å². The van der Waals surface area contributed by atoms with Crippen molar-refractivity contribution in [1.82, 2.24) is 14.8 Å². The lowest BCUT2D eigenvalue weighted by Crippen LogP contribution is -2.00. The minimum Gasteiger partial charge on any atom is -0.377 e. The Bertz CT molecular complexity index is 661. The van der Waals surface area contributed by atoms with E-state index in [0.29, 0.717) is 0 Å². The molecule has 1 aromatic carbocycles. The molecule has 0 aliphatic rings. The van der Waals surface area contributed by atoms with E-state index in [-0.39, 0.29) is 0 Å². The summed E-state index contributed by atoms with van der Waals surface area (Å²) in [5.41, 5.74) is 5.04. The average Bonchev–Trinajstić information content (AvgIpc) is 3.10. The molecule has 1 N–H and O–H groups in total. The molecule has 0 spiro atoms. The smallest absolute Gasteiger partial charge is 0.0795 e. The van der Waals surface area contributed by atoms with Crippen LogP contribution in [0.2, 0.25) is 5.02 Å². The van der Waals surface area contributed by atoms with E-state index in [2.05, 4.69) is 15.4 Å². The second-order valence-corrected chi connectivity index (χ2v) is 5.54. The quantitative estimate of drug-likeness (QED) is 0.782. The van der Waals surface area contributed by atoms with Crippen molar-refractivity contribution in [2.24, 2.45) is 0 Å². The van der Waals surface area contributed by atoms with Gasteiger partial charge in [-0.2, -0.15) is 5.10 Å². The van der Waals surface area contributed by atoms with Gasteiger partial charge in [0.1, 0.15) is 0 Å². The Morgan fingerprint density at radius 3 is 2.85 bits per heavy atom. The molecule has 0 amide bonds. The van der Waals surface area contributed by atoms with Crippen molar-refractivity contribution < 1.29 is 0 Å². The highest BCUT2D eigenvalue weighted by atomic mass is 35.5. The van der Waals surface area contributed by atoms with Crippen LogP contribution < -0.4 is 5.32 Å². The lowest BCUT2D eigenvalue weighted by atomic mass is 10.2. The summed E-state index contributed by atoms with van der Waals surface area (Å²) in [5, 5.41) is 10.4. The van der Waals surface area contributed by atoms with E-state index < -0.39 is 0 Å². The molecule has 0 radical (unpaired) electrons. The fraction of sp³-hybridized carbons (Fsp3) is 0.143. The maximum Gasteiger partial charge on any atom is 0.0795 e. The largest absolute Gasteiger partial charge is 0.377 e. The summed E-state index contributed by atoms with van der Waals surface area (Å²) >= 11 is 7.47. The second-order valence-electron chi connectivity index (χ2n) is 4.39. The molecular formula is C14H13ClN4S. The number of thiazole rings is 1. The monoisotopic (exact) mass is 304 g/mol. The van der Waals surface area contributed by atoms with E-state index in [4.69, 9.17) is 11.6 Å². The first-order chi connectivity index (χ1) is 9.79. The highest BCUT2D eigenvalue weighted by molar-refractivity contribution is 7.07. The Kier molecular flexibility index (Phi) is 3.99. The molecule has 0 unspecified atom stereocenters. The van der Waals surface area contributed by atoms with Crippen LogP contribution >= 0.6 is 22.9 Å². The molecule has 20 heavy (non-hydrogen) atoms. The Morgan fingerprint density at radius 2 is 2.10 bits per heavy atom. The van der Waals surface area contributed by atoms with E-state index in [1.54, 1.807) is 11.3 Å². The molecule has 6 heteroatoms. The molecule has 0 aliphatic carbocycles. The summed E-state index contributed by atoms with van der Waals surface area (Å²) in [6, 6.07) is 7.79. The minimum atomic E-state index is 0.718. The van der Waals surface area contributed by atoms with Gasteiger partial charge in [0.25, 0.3) is 0 Å². The minimum absolute atomic E-state index is 0.718. The maximum absolute atomic E-state index is 5.87. The third-order valence-electron chi connectivity index (χ3n) is 2.85. The Morgan fingerprint density at radius 1 is 1.25 bits per heavy atom. The van der Waals surface area contributed by atoms with Gasteiger partial charge in [0.15, 0.2) is 0 Å². The SMILES string of the molecule is Clc1ccc(Cn2cc(NCc3cscn3)cn2)cc1. The number of aromatic nitrogens is 3. The molecule has 4 nitrogen and oxygen atoms in total. The van der Waals surface area contributed by atoms with E-state index in [9.17, 15) is 0 Å². The summed E-state index contributed by atoms with van der Waals surface area (Å²) in [4.78, 5) is 4.23. The molecule has 0 atom stereocenters. The zero-order chi connectivity index (χ0) is 13.8. The van der Waals surface area contributed by atoms with Crippen LogP contribution in [0.4, 0.5) is 5.69 Å². The number of anilines is 1. The van der Waals surface area contributed by atoms with E-state index >= 15 is 0 Å². The zero-order valence-electron chi connectivity index (χ0n) is 10.7. The van der Waals surface area contributed by atoms with Crippen LogP contribution in [-0.4, -0.2) is 14.8 Å². The zero-order valence-corrected chi connectivity index (χ0v) is 12.2. The first-order valence-electron chi connectivity index (χ1n) is 6.17. The molecule has 0 saturated heterocycles. The van der Waals surface area contributed by atoms with Gasteiger partial charge >= 0.3 is 0 Å². The number of halogens is 1. The Balaban J connectivity index is 1.60. The van der Waals surface area contributed by atoms with Crippen LogP contribution in [0.15, 0.2) is 47.5 Å². The topological polar surface area (TPSA) is 42.7 Å². The van der Waals surface area contributed by atoms with Crippen LogP contribution in [0.1, 0.15) is 11.3 Å². The van der Waals surface area contributed by atoms with Gasteiger partial charge in [-0.15, -0.1) is 11.3 Å². The third kappa shape index (κ3) is 3.37. The number of nitrogens with zero attached hydrogens (tertiary/aromatic N) is 3. The molecule has 0 fully saturated rings. The number of rotatable bonds is 5. The van der Waals surface area contributed by atoms with Gasteiger partial charge in [0.2, 0.25) is 0 Å². The van der Waals surface area contributed by atoms with Crippen LogP contribution in [0, 0.1) is 0 Å². The molecule has 3 aromatic rings. The summed E-state index contributed by atoms with van der Waals surface area (Å²) in [7, 11) is 0. The van der Waals surface area contributed by atoms with Crippen LogP contribution in [0.5, 0.6) is 0 Å². The Hall–Kier alpha value is -1.85. The highest BCUT2D eigenvalue weighted by Gasteiger charge is 2.01. The summed E-state index contributed by atoms with van der Waals surface area (Å²) in [6.07, 6.45) is 3.81. The molecule has 3 rings (SSSR count). The molecule has 0 aliphatic heterocycles. The predicted octanol–water partition coefficient (Wildman–Crippen LogP) is 3.65. The summed E-state index contributed by atoms with van der Waals surface area (Å²) < 4.78 is 1.90. The summed E-state index contributed by atoms with van der Waals surface area (Å²) in [6.45, 7) is 1.45. The van der Waals surface area contributed by atoms with Crippen molar-refractivity contribution >= 4 is 28.6 Å². The van der Waals surface area contributed by atoms with Gasteiger partial charge < -0.3 is 5.32 Å². The van der Waals surface area contributed by atoms with Gasteiger partial charge in [-0.3, -0.25) is 4.68 Å². The van der Waals surface area contributed by atoms with Crippen molar-refractivity contribution in [2.45, 2.75) is 13.1 Å². The van der Waals surface area contributed by atoms with Gasteiger partial charge in [-0.1, -0.05) is 23.7 Å². The van der Waals surface area contributed by atoms with Crippen molar-refractivity contribution in [3.63, 3.8) is 0 Å². The van der Waals surface area contributed by atoms with Crippen molar-refractivity contribution in [2.75, 3.05) is 5.32 Å². The molecular weight excluding hydrogens is 292 g/mol. The second kappa shape index (κ2) is 6.07. The van der Waals surface area contributed by atoms with Crippen LogP contribution in [0.3, 0.4) is 0 Å². The number of hydrogen-bond acceptors (Lipinski definition) is 4. The van der Waals surface area contributed by atoms with E-state index in [1.807, 2.05) is 52.2 Å². The van der Waals surface area contributed by atoms with Gasteiger partial charge in [-0.05, 0) is 17.7 Å². The highest BCUT2D eigenvalue weighted by Crippen LogP contribution is 2.12. The lowest BCUT2D eigenvalue weighted by Gasteiger charge is -2.02. The third-order valence-corrected chi connectivity index (χ3v) is 3.74. The lowest BCUT2D eigenvalue weighted by molar-refractivity contribution is 0.687. The first-order valence-corrected chi connectivity index (χ1v) is 7.49. The van der Waals surface area contributed by atoms with Crippen molar-refractivity contribution in [3.05, 3.63) is 63.8 Å². The molecule has 0 bridgehead atoms. The molecule has 2 aromatic heterocycles. The van der Waals surface area contributed by atoms with Gasteiger partial charge in [0.05, 0.1) is 36.2 Å². The van der Waals surface area contributed by atoms with E-state index in [1.165, 1.54) is 5.56 Å². The normalized spacial score (nSPS) is 10.7. The number of hydrogen-bond donors (Lipinski definition) is 1. The Labute approximate surface area is 126 Å². The predicted molar refractivity (Wildman–Crippen MR) is 82.2 cm³/mol. The standard InChI is InChI=1S/C14H13ClN4S/c15-12-3-1-11(2-4-12)7-19-8-13(6-18-19)16-5-14-9-20-10-17-14/h1-4,6,8-10,16H,5,7H2. The maximum atomic E-state index is 5.87. The fourth-order valence-electron chi connectivity index (χ4n) is 1.84. The summed E-state index contributed by atoms with van der Waals surface area (Å²) in [5.74, 6) is 0. The number of nitrogens with one attached hydrogen (secondary N) is 1. The van der Waals surface area contributed by atoms with Crippen molar-refractivity contribution in [3.8, 4) is 0 Å². The molecule has 2 heterocycles. The average molecular weight is 305 g/mol. The molecule has 102 valence electrons. The van der Waals surface area contributed by atoms with Crippen LogP contribution in [-0.2, 0) is 13.1 Å². The fourth-order valence-corrected chi connectivity index (χ4v) is 2.52. The number of benzene rings is 1. The van der Waals surface area contributed by atoms with Gasteiger partial charge in [-0.25, -0.2) is 4.98 Å². The van der Waals surface area contributed by atoms with Crippen LogP contribution in [0.25, 0.3) is 0 Å². The first kappa shape index (κ1) is 13.1. The molecule has 0 saturated carbocycles. The van der Waals surface area contributed by atoms with E-state index in [0.717, 1.165) is 29.5 Å². The van der Waals surface area contributed by atoms with Crippen molar-refractivity contribution in [1.29, 1.82) is 0 Å².